The first kappa shape index (κ1) is 35.4. The van der Waals surface area contributed by atoms with Crippen molar-refractivity contribution in [3.05, 3.63) is 112 Å². The molecule has 0 saturated heterocycles. The molecule has 1 unspecified atom stereocenters. The molecule has 258 valence electrons. The number of pyridine rings is 1. The van der Waals surface area contributed by atoms with Gasteiger partial charge in [0.05, 0.1) is 12.4 Å². The van der Waals surface area contributed by atoms with E-state index in [1.165, 1.54) is 53.6 Å². The number of aryl methyl sites for hydroxylation is 1. The molecular formula is C34H32F2N3O8S2-. The van der Waals surface area contributed by atoms with Gasteiger partial charge in [0.2, 0.25) is 0 Å². The van der Waals surface area contributed by atoms with Crippen molar-refractivity contribution < 1.29 is 40.2 Å². The third-order valence-corrected chi connectivity index (χ3v) is 10.2. The van der Waals surface area contributed by atoms with Gasteiger partial charge in [-0.05, 0) is 48.9 Å². The third kappa shape index (κ3) is 7.74. The molecule has 2 aromatic heterocycles. The Morgan fingerprint density at radius 3 is 2.35 bits per heavy atom. The van der Waals surface area contributed by atoms with Crippen molar-refractivity contribution in [2.45, 2.75) is 20.4 Å². The molecule has 5 rings (SSSR count). The van der Waals surface area contributed by atoms with Crippen LogP contribution in [0.5, 0.6) is 11.5 Å². The molecule has 0 saturated carbocycles. The summed E-state index contributed by atoms with van der Waals surface area (Å²) in [5.74, 6) is -3.53. The Hall–Kier alpha value is -4.86. The zero-order valence-electron chi connectivity index (χ0n) is 26.7. The van der Waals surface area contributed by atoms with E-state index in [9.17, 15) is 35.5 Å². The number of hydrogen-bond acceptors (Lipinski definition) is 8. The zero-order chi connectivity index (χ0) is 35.5. The summed E-state index contributed by atoms with van der Waals surface area (Å²) in [5, 5.41) is 0.270. The maximum Gasteiger partial charge on any atom is 0.354 e. The minimum Gasteiger partial charge on any atom is -0.755 e. The van der Waals surface area contributed by atoms with E-state index in [1.54, 1.807) is 6.92 Å². The highest BCUT2D eigenvalue weighted by Crippen LogP contribution is 2.41. The van der Waals surface area contributed by atoms with Gasteiger partial charge in [0.15, 0.2) is 21.4 Å². The highest BCUT2D eigenvalue weighted by Gasteiger charge is 2.25. The number of ether oxygens (including phenoxy) is 2. The van der Waals surface area contributed by atoms with E-state index in [0.717, 1.165) is 22.0 Å². The van der Waals surface area contributed by atoms with Gasteiger partial charge in [0, 0.05) is 71.6 Å². The molecule has 0 radical (unpaired) electrons. The molecule has 0 aliphatic heterocycles. The van der Waals surface area contributed by atoms with Crippen LogP contribution in [0.3, 0.4) is 0 Å². The lowest BCUT2D eigenvalue weighted by molar-refractivity contribution is 0.0515. The summed E-state index contributed by atoms with van der Waals surface area (Å²) in [6.07, 6.45) is 1.46. The molecule has 15 heteroatoms. The Labute approximate surface area is 283 Å². The standard InChI is InChI=1S/C34H33F2N3O8S2/c1-4-46-34(41)29-19-26-27(21-37(3)33(40)32(26)38(29)20-22-9-7-6-8-10-22)25-18-24(39(48(42)43)15-16-49(44,45)5-2)12-14-30(25)47-31-13-11-23(35)17-28(31)36/h6-14,17-19,21H,4-5,15-16,20H2,1-3H3,(H,42,43)/p-1. The predicted molar refractivity (Wildman–Crippen MR) is 181 cm³/mol. The van der Waals surface area contributed by atoms with Gasteiger partial charge in [0.1, 0.15) is 22.8 Å². The van der Waals surface area contributed by atoms with Crippen molar-refractivity contribution in [3.8, 4) is 22.6 Å². The minimum atomic E-state index is -3.55. The summed E-state index contributed by atoms with van der Waals surface area (Å²) < 4.78 is 92.7. The number of sulfone groups is 1. The van der Waals surface area contributed by atoms with E-state index < -0.39 is 56.6 Å². The first-order valence-electron chi connectivity index (χ1n) is 15.1. The number of aromatic nitrogens is 2. The fourth-order valence-corrected chi connectivity index (χ4v) is 6.69. The molecule has 49 heavy (non-hydrogen) atoms. The SMILES string of the molecule is CCOC(=O)c1cc2c(-c3cc(N(CCS(=O)(=O)CC)S(=O)[O-])ccc3Oc3ccc(F)cc3F)cn(C)c(=O)c2n1Cc1ccccc1. The predicted octanol–water partition coefficient (Wildman–Crippen LogP) is 5.34. The fraction of sp³-hybridized carbons (Fsp3) is 0.235. The van der Waals surface area contributed by atoms with Crippen LogP contribution in [-0.2, 0) is 39.4 Å². The lowest BCUT2D eigenvalue weighted by atomic mass is 10.0. The van der Waals surface area contributed by atoms with Crippen LogP contribution in [-0.4, -0.2) is 56.9 Å². The number of carbonyl (C=O) groups is 1. The smallest absolute Gasteiger partial charge is 0.354 e. The molecule has 0 fully saturated rings. The first-order valence-corrected chi connectivity index (χ1v) is 18.0. The van der Waals surface area contributed by atoms with E-state index in [-0.39, 0.29) is 63.8 Å². The average Bonchev–Trinajstić information content (AvgIpc) is 3.44. The monoisotopic (exact) mass is 712 g/mol. The van der Waals surface area contributed by atoms with Crippen LogP contribution in [0.1, 0.15) is 29.9 Å². The van der Waals surface area contributed by atoms with Crippen molar-refractivity contribution in [1.82, 2.24) is 9.13 Å². The van der Waals surface area contributed by atoms with E-state index in [0.29, 0.717) is 6.07 Å². The van der Waals surface area contributed by atoms with Crippen LogP contribution >= 0.6 is 0 Å². The topological polar surface area (TPSA) is 140 Å². The Morgan fingerprint density at radius 1 is 0.980 bits per heavy atom. The second kappa shape index (κ2) is 14.7. The van der Waals surface area contributed by atoms with Gasteiger partial charge < -0.3 is 27.5 Å². The van der Waals surface area contributed by atoms with Crippen LogP contribution in [0, 0.1) is 11.6 Å². The van der Waals surface area contributed by atoms with Crippen molar-refractivity contribution in [2.75, 3.05) is 29.0 Å². The van der Waals surface area contributed by atoms with Gasteiger partial charge >= 0.3 is 5.97 Å². The Balaban J connectivity index is 1.79. The number of fused-ring (bicyclic) bond motifs is 1. The fourth-order valence-electron chi connectivity index (χ4n) is 5.30. The third-order valence-electron chi connectivity index (χ3n) is 7.78. The maximum absolute atomic E-state index is 14.8. The number of rotatable bonds is 13. The second-order valence-corrected chi connectivity index (χ2v) is 14.3. The molecule has 0 N–H and O–H groups in total. The second-order valence-electron chi connectivity index (χ2n) is 11.0. The first-order chi connectivity index (χ1) is 23.3. The quantitative estimate of drug-likeness (QED) is 0.118. The molecule has 5 aromatic rings. The van der Waals surface area contributed by atoms with E-state index in [2.05, 4.69) is 0 Å². The lowest BCUT2D eigenvalue weighted by Gasteiger charge is -2.27. The molecule has 1 atom stereocenters. The number of hydrogen-bond donors (Lipinski definition) is 0. The van der Waals surface area contributed by atoms with Gasteiger partial charge in [0.25, 0.3) is 5.56 Å². The van der Waals surface area contributed by atoms with Gasteiger partial charge in [-0.25, -0.2) is 22.0 Å². The lowest BCUT2D eigenvalue weighted by Crippen LogP contribution is -2.31. The summed E-state index contributed by atoms with van der Waals surface area (Å²) in [7, 11) is -2.06. The van der Waals surface area contributed by atoms with Crippen molar-refractivity contribution in [2.24, 2.45) is 7.05 Å². The normalized spacial score (nSPS) is 12.2. The summed E-state index contributed by atoms with van der Waals surface area (Å²) in [6.45, 7) is 2.88. The molecule has 11 nitrogen and oxygen atoms in total. The van der Waals surface area contributed by atoms with Crippen LogP contribution < -0.4 is 14.6 Å². The van der Waals surface area contributed by atoms with Crippen LogP contribution in [0.2, 0.25) is 0 Å². The number of anilines is 1. The summed E-state index contributed by atoms with van der Waals surface area (Å²) in [4.78, 5) is 27.0. The number of carbonyl (C=O) groups excluding carboxylic acids is 1. The van der Waals surface area contributed by atoms with Crippen molar-refractivity contribution >= 4 is 43.7 Å². The molecule has 0 aliphatic carbocycles. The highest BCUT2D eigenvalue weighted by atomic mass is 32.2. The zero-order valence-corrected chi connectivity index (χ0v) is 28.4. The number of halogens is 2. The maximum atomic E-state index is 14.8. The largest absolute Gasteiger partial charge is 0.755 e. The molecule has 0 spiro atoms. The van der Waals surface area contributed by atoms with Crippen LogP contribution in [0.15, 0.2) is 83.8 Å². The number of nitrogens with zero attached hydrogens (tertiary/aromatic N) is 3. The summed E-state index contributed by atoms with van der Waals surface area (Å²) in [6, 6.07) is 17.4. The van der Waals surface area contributed by atoms with Gasteiger partial charge in [-0.3, -0.25) is 9.00 Å². The molecular weight excluding hydrogens is 681 g/mol. The highest BCUT2D eigenvalue weighted by molar-refractivity contribution is 7.91. The van der Waals surface area contributed by atoms with Crippen molar-refractivity contribution in [1.29, 1.82) is 0 Å². The van der Waals surface area contributed by atoms with E-state index >= 15 is 0 Å². The molecule has 0 aliphatic rings. The van der Waals surface area contributed by atoms with Crippen LogP contribution in [0.4, 0.5) is 14.5 Å². The minimum absolute atomic E-state index is 0.0134. The average molecular weight is 713 g/mol. The molecule has 0 bridgehead atoms. The van der Waals surface area contributed by atoms with Gasteiger partial charge in [-0.15, -0.1) is 0 Å². The Bertz CT molecular complexity index is 2220. The van der Waals surface area contributed by atoms with Gasteiger partial charge in [-0.1, -0.05) is 37.3 Å². The number of esters is 1. The summed E-state index contributed by atoms with van der Waals surface area (Å²) in [5.41, 5.74) is 0.995. The molecule has 0 amide bonds. The Morgan fingerprint density at radius 2 is 1.69 bits per heavy atom. The number of benzene rings is 3. The summed E-state index contributed by atoms with van der Waals surface area (Å²) >= 11 is -2.92. The molecule has 2 heterocycles. The van der Waals surface area contributed by atoms with Gasteiger partial charge in [-0.2, -0.15) is 0 Å². The van der Waals surface area contributed by atoms with Crippen LogP contribution in [0.25, 0.3) is 22.0 Å². The Kier molecular flexibility index (Phi) is 10.6. The van der Waals surface area contributed by atoms with Crippen molar-refractivity contribution in [3.63, 3.8) is 0 Å². The van der Waals surface area contributed by atoms with E-state index in [4.69, 9.17) is 9.47 Å². The van der Waals surface area contributed by atoms with E-state index in [1.807, 2.05) is 30.3 Å². The molecule has 3 aromatic carbocycles.